The zero-order chi connectivity index (χ0) is 12.7. The molecule has 3 unspecified atom stereocenters. The number of hydrogen-bond donors (Lipinski definition) is 0. The Bertz CT molecular complexity index is 524. The monoisotopic (exact) mass is 303 g/mol. The minimum Gasteiger partial charge on any atom is -0.298 e. The molecule has 0 saturated heterocycles. The molecule has 0 spiro atoms. The summed E-state index contributed by atoms with van der Waals surface area (Å²) in [5.41, 5.74) is 0.815. The average Bonchev–Trinajstić information content (AvgIpc) is 2.86. The van der Waals surface area contributed by atoms with Crippen molar-refractivity contribution in [2.45, 2.75) is 25.2 Å². The number of rotatable bonds is 3. The zero-order valence-corrected chi connectivity index (χ0v) is 11.6. The maximum Gasteiger partial charge on any atom is 0.158 e. The van der Waals surface area contributed by atoms with Gasteiger partial charge in [-0.2, -0.15) is 5.26 Å². The molecule has 0 aromatic heterocycles. The largest absolute Gasteiger partial charge is 0.298 e. The molecule has 0 heterocycles. The molecule has 0 bridgehead atoms. The van der Waals surface area contributed by atoms with Gasteiger partial charge in [0.25, 0.3) is 0 Å². The number of ketones is 1. The highest BCUT2D eigenvalue weighted by molar-refractivity contribution is 9.10. The molecule has 2 nitrogen and oxygen atoms in total. The van der Waals surface area contributed by atoms with E-state index in [4.69, 9.17) is 0 Å². The fourth-order valence-electron chi connectivity index (χ4n) is 3.43. The number of Topliss-reactive ketones (excluding diaryl/α,β-unsaturated/α-hetero) is 1. The van der Waals surface area contributed by atoms with Gasteiger partial charge in [0.2, 0.25) is 0 Å². The van der Waals surface area contributed by atoms with Crippen LogP contribution in [0.4, 0.5) is 0 Å². The lowest BCUT2D eigenvalue weighted by Crippen LogP contribution is -2.16. The summed E-state index contributed by atoms with van der Waals surface area (Å²) in [6.45, 7) is 0. The first-order valence-corrected chi connectivity index (χ1v) is 7.21. The quantitative estimate of drug-likeness (QED) is 0.855. The van der Waals surface area contributed by atoms with Crippen molar-refractivity contribution >= 4 is 21.7 Å². The fraction of sp³-hybridized carbons (Fsp3) is 0.467. The number of carbonyl (C=O) groups is 1. The molecule has 2 aliphatic rings. The molecule has 0 aliphatic heterocycles. The number of fused-ring (bicyclic) bond motifs is 1. The van der Waals surface area contributed by atoms with Gasteiger partial charge in [0, 0.05) is 10.4 Å². The number of benzene rings is 1. The van der Waals surface area contributed by atoms with E-state index in [1.165, 1.54) is 19.3 Å². The molecule has 0 amide bonds. The predicted molar refractivity (Wildman–Crippen MR) is 71.8 cm³/mol. The summed E-state index contributed by atoms with van der Waals surface area (Å²) in [4.78, 5) is 12.5. The first-order chi connectivity index (χ1) is 8.74. The maximum atomic E-state index is 12.5. The SMILES string of the molecule is N#CC(C(=O)C1C2CCCC21)c1ccccc1Br. The predicted octanol–water partition coefficient (Wildman–Crippen LogP) is 3.67. The standard InChI is InChI=1S/C15H14BrNO/c16-13-7-2-1-4-9(13)12(8-17)15(18)14-10-5-3-6-11(10)14/h1-2,4,7,10-12,14H,3,5-6H2. The van der Waals surface area contributed by atoms with Crippen molar-refractivity contribution in [3.63, 3.8) is 0 Å². The second kappa shape index (κ2) is 4.51. The van der Waals surface area contributed by atoms with E-state index in [9.17, 15) is 10.1 Å². The van der Waals surface area contributed by atoms with Crippen molar-refractivity contribution < 1.29 is 4.79 Å². The Balaban J connectivity index is 1.84. The van der Waals surface area contributed by atoms with E-state index in [-0.39, 0.29) is 11.7 Å². The Morgan fingerprint density at radius 2 is 2.00 bits per heavy atom. The summed E-state index contributed by atoms with van der Waals surface area (Å²) >= 11 is 3.43. The number of nitrogens with zero attached hydrogens (tertiary/aromatic N) is 1. The van der Waals surface area contributed by atoms with Gasteiger partial charge in [0.15, 0.2) is 5.78 Å². The van der Waals surface area contributed by atoms with Crippen LogP contribution in [0, 0.1) is 29.1 Å². The van der Waals surface area contributed by atoms with Crippen LogP contribution in [0.15, 0.2) is 28.7 Å². The summed E-state index contributed by atoms with van der Waals surface area (Å²) in [5.74, 6) is 0.859. The third kappa shape index (κ3) is 1.80. The van der Waals surface area contributed by atoms with E-state index in [2.05, 4.69) is 22.0 Å². The summed E-state index contributed by atoms with van der Waals surface area (Å²) in [5, 5.41) is 9.32. The number of halogens is 1. The number of nitriles is 1. The minimum absolute atomic E-state index is 0.138. The molecule has 3 rings (SSSR count). The van der Waals surface area contributed by atoms with Gasteiger partial charge in [0.05, 0.1) is 6.07 Å². The summed E-state index contributed by atoms with van der Waals surface area (Å²) in [6.07, 6.45) is 3.61. The molecule has 1 aromatic rings. The van der Waals surface area contributed by atoms with Gasteiger partial charge < -0.3 is 0 Å². The van der Waals surface area contributed by atoms with Crippen LogP contribution in [-0.2, 0) is 4.79 Å². The topological polar surface area (TPSA) is 40.9 Å². The molecule has 18 heavy (non-hydrogen) atoms. The van der Waals surface area contributed by atoms with Crippen molar-refractivity contribution in [3.8, 4) is 6.07 Å². The molecule has 1 aromatic carbocycles. The lowest BCUT2D eigenvalue weighted by Gasteiger charge is -2.11. The molecule has 92 valence electrons. The van der Waals surface area contributed by atoms with Crippen molar-refractivity contribution in [1.82, 2.24) is 0 Å². The van der Waals surface area contributed by atoms with E-state index < -0.39 is 5.92 Å². The van der Waals surface area contributed by atoms with Crippen LogP contribution in [0.25, 0.3) is 0 Å². The summed E-state index contributed by atoms with van der Waals surface area (Å²) in [6, 6.07) is 9.73. The number of carbonyl (C=O) groups excluding carboxylic acids is 1. The lowest BCUT2D eigenvalue weighted by molar-refractivity contribution is -0.121. The van der Waals surface area contributed by atoms with Crippen LogP contribution in [0.5, 0.6) is 0 Å². The molecule has 2 aliphatic carbocycles. The van der Waals surface area contributed by atoms with Gasteiger partial charge in [-0.15, -0.1) is 0 Å². The molecule has 3 atom stereocenters. The van der Waals surface area contributed by atoms with E-state index in [1.54, 1.807) is 0 Å². The molecule has 0 radical (unpaired) electrons. The highest BCUT2D eigenvalue weighted by Crippen LogP contribution is 2.59. The van der Waals surface area contributed by atoms with Gasteiger partial charge in [-0.25, -0.2) is 0 Å². The molecule has 2 saturated carbocycles. The van der Waals surface area contributed by atoms with Crippen molar-refractivity contribution in [2.24, 2.45) is 17.8 Å². The Labute approximate surface area is 115 Å². The third-order valence-corrected chi connectivity index (χ3v) is 5.09. The lowest BCUT2D eigenvalue weighted by atomic mass is 9.91. The van der Waals surface area contributed by atoms with Crippen LogP contribution in [-0.4, -0.2) is 5.78 Å². The highest BCUT2D eigenvalue weighted by Gasteiger charge is 2.57. The Morgan fingerprint density at radius 3 is 2.61 bits per heavy atom. The van der Waals surface area contributed by atoms with Crippen molar-refractivity contribution in [2.75, 3.05) is 0 Å². The average molecular weight is 304 g/mol. The second-order valence-electron chi connectivity index (χ2n) is 5.27. The Kier molecular flexibility index (Phi) is 2.99. The van der Waals surface area contributed by atoms with Crippen LogP contribution in [0.2, 0.25) is 0 Å². The van der Waals surface area contributed by atoms with Gasteiger partial charge in [0.1, 0.15) is 5.92 Å². The van der Waals surface area contributed by atoms with Gasteiger partial charge in [-0.1, -0.05) is 40.5 Å². The van der Waals surface area contributed by atoms with Crippen LogP contribution in [0.1, 0.15) is 30.7 Å². The Hall–Kier alpha value is -1.14. The molecule has 3 heteroatoms. The van der Waals surface area contributed by atoms with Crippen LogP contribution < -0.4 is 0 Å². The van der Waals surface area contributed by atoms with Crippen LogP contribution in [0.3, 0.4) is 0 Å². The summed E-state index contributed by atoms with van der Waals surface area (Å²) in [7, 11) is 0. The molecule has 2 fully saturated rings. The van der Waals surface area contributed by atoms with Gasteiger partial charge >= 0.3 is 0 Å². The van der Waals surface area contributed by atoms with Gasteiger partial charge in [-0.05, 0) is 36.3 Å². The molecule has 0 N–H and O–H groups in total. The van der Waals surface area contributed by atoms with Crippen LogP contribution >= 0.6 is 15.9 Å². The van der Waals surface area contributed by atoms with E-state index >= 15 is 0 Å². The third-order valence-electron chi connectivity index (χ3n) is 4.36. The normalized spacial score (nSPS) is 30.3. The fourth-order valence-corrected chi connectivity index (χ4v) is 3.95. The first kappa shape index (κ1) is 11.9. The summed E-state index contributed by atoms with van der Waals surface area (Å²) < 4.78 is 0.857. The maximum absolute atomic E-state index is 12.5. The van der Waals surface area contributed by atoms with E-state index in [0.717, 1.165) is 10.0 Å². The van der Waals surface area contributed by atoms with E-state index in [0.29, 0.717) is 11.8 Å². The number of hydrogen-bond acceptors (Lipinski definition) is 2. The van der Waals surface area contributed by atoms with Crippen molar-refractivity contribution in [3.05, 3.63) is 34.3 Å². The highest BCUT2D eigenvalue weighted by atomic mass is 79.9. The first-order valence-electron chi connectivity index (χ1n) is 6.42. The molecular weight excluding hydrogens is 290 g/mol. The second-order valence-corrected chi connectivity index (χ2v) is 6.12. The molecular formula is C15H14BrNO. The smallest absolute Gasteiger partial charge is 0.158 e. The minimum atomic E-state index is -0.601. The van der Waals surface area contributed by atoms with Gasteiger partial charge in [-0.3, -0.25) is 4.79 Å². The zero-order valence-electron chi connectivity index (χ0n) is 9.97. The van der Waals surface area contributed by atoms with E-state index in [1.807, 2.05) is 24.3 Å². The van der Waals surface area contributed by atoms with Crippen molar-refractivity contribution in [1.29, 1.82) is 5.26 Å². The Morgan fingerprint density at radius 1 is 1.33 bits per heavy atom.